The number of rotatable bonds is 4. The molecule has 0 saturated heterocycles. The Kier molecular flexibility index (Phi) is 6.05. The van der Waals surface area contributed by atoms with Gasteiger partial charge in [-0.15, -0.1) is 0 Å². The maximum Gasteiger partial charge on any atom is 0.248 e. The molecular weight excluding hydrogens is 458 g/mol. The van der Waals surface area contributed by atoms with Crippen molar-refractivity contribution in [3.63, 3.8) is 0 Å². The summed E-state index contributed by atoms with van der Waals surface area (Å²) < 4.78 is 6.31. The lowest BCUT2D eigenvalue weighted by molar-refractivity contribution is -0.116. The van der Waals surface area contributed by atoms with Gasteiger partial charge >= 0.3 is 0 Å². The molecule has 170 valence electrons. The van der Waals surface area contributed by atoms with E-state index in [1.165, 1.54) is 0 Å². The molecule has 0 spiro atoms. The third-order valence-electron chi connectivity index (χ3n) is 5.86. The second-order valence-corrected chi connectivity index (χ2v) is 8.48. The van der Waals surface area contributed by atoms with Crippen molar-refractivity contribution in [1.29, 1.82) is 5.26 Å². The van der Waals surface area contributed by atoms with Gasteiger partial charge in [0.1, 0.15) is 18.0 Å². The number of likely N-dealkylation sites (N-methyl/N-ethyl adjacent to an activating group) is 1. The summed E-state index contributed by atoms with van der Waals surface area (Å²) in [5.74, 6) is 1.09. The maximum atomic E-state index is 12.9. The molecule has 0 radical (unpaired) electrons. The number of ether oxygens (including phenoxy) is 1. The number of carbonyl (C=O) groups excluding carboxylic acids is 1. The molecule has 0 N–H and O–H groups in total. The zero-order chi connectivity index (χ0) is 24.4. The van der Waals surface area contributed by atoms with Crippen LogP contribution in [0.25, 0.3) is 11.1 Å². The highest BCUT2D eigenvalue weighted by molar-refractivity contribution is 6.33. The Morgan fingerprint density at radius 3 is 2.46 bits per heavy atom. The second kappa shape index (κ2) is 9.46. The molecule has 1 aliphatic heterocycles. The van der Waals surface area contributed by atoms with Crippen LogP contribution < -0.4 is 9.64 Å². The first kappa shape index (κ1) is 22.4. The predicted molar refractivity (Wildman–Crippen MR) is 138 cm³/mol. The lowest BCUT2D eigenvalue weighted by Gasteiger charge is -2.22. The number of benzene rings is 4. The minimum absolute atomic E-state index is 0.00635. The van der Waals surface area contributed by atoms with E-state index in [1.54, 1.807) is 24.1 Å². The predicted octanol–water partition coefficient (Wildman–Crippen LogP) is 6.48. The number of para-hydroxylation sites is 1. The summed E-state index contributed by atoms with van der Waals surface area (Å²) in [6.07, 6.45) is 0. The fraction of sp³-hybridized carbons (Fsp3) is 0.0690. The minimum Gasteiger partial charge on any atom is -0.457 e. The lowest BCUT2D eigenvalue weighted by Crippen LogP contribution is -2.27. The van der Waals surface area contributed by atoms with E-state index in [1.807, 2.05) is 78.9 Å². The fourth-order valence-electron chi connectivity index (χ4n) is 4.08. The smallest absolute Gasteiger partial charge is 0.248 e. The Morgan fingerprint density at radius 1 is 0.914 bits per heavy atom. The minimum atomic E-state index is -0.145. The van der Waals surface area contributed by atoms with Crippen LogP contribution in [0.15, 0.2) is 96.0 Å². The number of nitriles is 1. The summed E-state index contributed by atoms with van der Waals surface area (Å²) in [4.78, 5) is 19.1. The van der Waals surface area contributed by atoms with Gasteiger partial charge in [-0.2, -0.15) is 5.26 Å². The van der Waals surface area contributed by atoms with Crippen LogP contribution in [-0.4, -0.2) is 25.2 Å². The van der Waals surface area contributed by atoms with Gasteiger partial charge in [-0.05, 0) is 36.4 Å². The topological polar surface area (TPSA) is 65.7 Å². The number of hydrogen-bond donors (Lipinski definition) is 0. The van der Waals surface area contributed by atoms with Gasteiger partial charge in [-0.3, -0.25) is 9.79 Å². The molecule has 0 atom stereocenters. The molecule has 4 aromatic carbocycles. The summed E-state index contributed by atoms with van der Waals surface area (Å²) in [5.41, 5.74) is 4.89. The van der Waals surface area contributed by atoms with Crippen LogP contribution in [0, 0.1) is 11.3 Å². The molecule has 0 saturated carbocycles. The van der Waals surface area contributed by atoms with E-state index >= 15 is 0 Å². The molecule has 1 aliphatic rings. The fourth-order valence-corrected chi connectivity index (χ4v) is 4.32. The molecule has 5 rings (SSSR count). The van der Waals surface area contributed by atoms with E-state index in [4.69, 9.17) is 16.3 Å². The lowest BCUT2D eigenvalue weighted by atomic mass is 9.94. The highest BCUT2D eigenvalue weighted by Gasteiger charge is 2.26. The third-order valence-corrected chi connectivity index (χ3v) is 6.19. The number of nitrogens with zero attached hydrogens (tertiary/aromatic N) is 3. The number of fused-ring (bicyclic) bond motifs is 1. The zero-order valence-electron chi connectivity index (χ0n) is 18.9. The Bertz CT molecular complexity index is 1510. The number of amides is 1. The first-order chi connectivity index (χ1) is 17.0. The van der Waals surface area contributed by atoms with Crippen LogP contribution >= 0.6 is 11.6 Å². The third kappa shape index (κ3) is 4.40. The summed E-state index contributed by atoms with van der Waals surface area (Å²) in [6.45, 7) is -0.00635. The van der Waals surface area contributed by atoms with Gasteiger partial charge < -0.3 is 9.64 Å². The second-order valence-electron chi connectivity index (χ2n) is 8.07. The number of halogens is 1. The summed E-state index contributed by atoms with van der Waals surface area (Å²) in [5, 5.41) is 9.99. The Balaban J connectivity index is 1.77. The van der Waals surface area contributed by atoms with Gasteiger partial charge in [0.05, 0.1) is 23.0 Å². The van der Waals surface area contributed by atoms with Crippen molar-refractivity contribution in [2.75, 3.05) is 18.5 Å². The summed E-state index contributed by atoms with van der Waals surface area (Å²) in [7, 11) is 1.73. The molecule has 1 heterocycles. The molecule has 4 aromatic rings. The van der Waals surface area contributed by atoms with Crippen LogP contribution in [0.3, 0.4) is 0 Å². The average molecular weight is 478 g/mol. The number of hydrogen-bond acceptors (Lipinski definition) is 4. The van der Waals surface area contributed by atoms with Crippen LogP contribution in [0.2, 0.25) is 5.02 Å². The Labute approximate surface area is 208 Å². The molecule has 6 heteroatoms. The quantitative estimate of drug-likeness (QED) is 0.337. The number of carbonyl (C=O) groups is 1. The van der Waals surface area contributed by atoms with Crippen LogP contribution in [-0.2, 0) is 4.79 Å². The van der Waals surface area contributed by atoms with E-state index in [0.29, 0.717) is 33.5 Å². The Hall–Kier alpha value is -4.40. The first-order valence-electron chi connectivity index (χ1n) is 11.0. The molecule has 1 amide bonds. The van der Waals surface area contributed by atoms with E-state index in [0.717, 1.165) is 22.3 Å². The van der Waals surface area contributed by atoms with Gasteiger partial charge in [0.25, 0.3) is 0 Å². The van der Waals surface area contributed by atoms with Gasteiger partial charge in [0.15, 0.2) is 0 Å². The van der Waals surface area contributed by atoms with Crippen molar-refractivity contribution in [1.82, 2.24) is 0 Å². The summed E-state index contributed by atoms with van der Waals surface area (Å²) in [6, 6.07) is 30.2. The summed E-state index contributed by atoms with van der Waals surface area (Å²) >= 11 is 6.61. The monoisotopic (exact) mass is 477 g/mol. The average Bonchev–Trinajstić information content (AvgIpc) is 3.01. The van der Waals surface area contributed by atoms with Crippen molar-refractivity contribution < 1.29 is 9.53 Å². The number of aliphatic imine (C=N–C) groups is 1. The molecule has 0 unspecified atom stereocenters. The SMILES string of the molecule is CN1C(=O)CN=C(c2cccc(C#N)c2)c2cc(-c3ccccc3Cl)c(Oc3ccccc3)cc21. The number of anilines is 1. The van der Waals surface area contributed by atoms with E-state index in [-0.39, 0.29) is 12.5 Å². The van der Waals surface area contributed by atoms with Crippen molar-refractivity contribution in [3.05, 3.63) is 113 Å². The molecule has 35 heavy (non-hydrogen) atoms. The first-order valence-corrected chi connectivity index (χ1v) is 11.4. The highest BCUT2D eigenvalue weighted by atomic mass is 35.5. The van der Waals surface area contributed by atoms with Crippen molar-refractivity contribution in [2.24, 2.45) is 4.99 Å². The van der Waals surface area contributed by atoms with E-state index in [2.05, 4.69) is 11.1 Å². The van der Waals surface area contributed by atoms with Gasteiger partial charge in [-0.25, -0.2) is 0 Å². The maximum absolute atomic E-state index is 12.9. The number of benzodiazepines with no additional fused rings is 1. The largest absolute Gasteiger partial charge is 0.457 e. The molecule has 0 bridgehead atoms. The molecule has 5 nitrogen and oxygen atoms in total. The van der Waals surface area contributed by atoms with Gasteiger partial charge in [0, 0.05) is 40.4 Å². The zero-order valence-corrected chi connectivity index (χ0v) is 19.7. The van der Waals surface area contributed by atoms with Crippen molar-refractivity contribution in [3.8, 4) is 28.7 Å². The van der Waals surface area contributed by atoms with E-state index in [9.17, 15) is 10.1 Å². The molecule has 0 fully saturated rings. The van der Waals surface area contributed by atoms with Gasteiger partial charge in [-0.1, -0.05) is 60.1 Å². The molecular formula is C29H20ClN3O2. The van der Waals surface area contributed by atoms with Crippen LogP contribution in [0.5, 0.6) is 11.5 Å². The van der Waals surface area contributed by atoms with Crippen LogP contribution in [0.1, 0.15) is 16.7 Å². The van der Waals surface area contributed by atoms with Crippen molar-refractivity contribution in [2.45, 2.75) is 0 Å². The van der Waals surface area contributed by atoms with Crippen molar-refractivity contribution >= 4 is 28.9 Å². The standard InChI is InChI=1S/C29H20ClN3O2/c1-33-26-16-27(35-21-10-3-2-4-11-21)23(22-12-5-6-13-25(22)30)15-24(26)29(32-18-28(33)34)20-9-7-8-19(14-20)17-31/h2-16H,18H2,1H3. The van der Waals surface area contributed by atoms with Gasteiger partial charge in [0.2, 0.25) is 5.91 Å². The molecule has 0 aromatic heterocycles. The molecule has 0 aliphatic carbocycles. The van der Waals surface area contributed by atoms with Crippen LogP contribution in [0.4, 0.5) is 5.69 Å². The normalized spacial score (nSPS) is 12.9. The Morgan fingerprint density at radius 2 is 1.69 bits per heavy atom. The highest BCUT2D eigenvalue weighted by Crippen LogP contribution is 2.42. The van der Waals surface area contributed by atoms with E-state index < -0.39 is 0 Å².